The minimum atomic E-state index is -0.0383. The van der Waals surface area contributed by atoms with Gasteiger partial charge in [-0.3, -0.25) is 4.79 Å². The number of carbonyl (C=O) groups is 1. The summed E-state index contributed by atoms with van der Waals surface area (Å²) in [6.45, 7) is 8.64. The molecule has 0 spiro atoms. The van der Waals surface area contributed by atoms with Crippen molar-refractivity contribution in [2.45, 2.75) is 20.4 Å². The minimum Gasteiger partial charge on any atom is -0.336 e. The van der Waals surface area contributed by atoms with Crippen molar-refractivity contribution < 1.29 is 4.79 Å². The molecule has 0 aliphatic carbocycles. The van der Waals surface area contributed by atoms with E-state index in [1.54, 1.807) is 4.68 Å². The lowest BCUT2D eigenvalue weighted by Crippen LogP contribution is -2.48. The summed E-state index contributed by atoms with van der Waals surface area (Å²) >= 11 is 12.7. The predicted molar refractivity (Wildman–Crippen MR) is 101 cm³/mol. The molecule has 2 aromatic rings. The Bertz CT molecular complexity index is 766. The van der Waals surface area contributed by atoms with Crippen LogP contribution in [0.3, 0.4) is 0 Å². The van der Waals surface area contributed by atoms with E-state index in [0.29, 0.717) is 28.0 Å². The van der Waals surface area contributed by atoms with Gasteiger partial charge in [0.05, 0.1) is 17.8 Å². The molecule has 0 bridgehead atoms. The Labute approximate surface area is 158 Å². The van der Waals surface area contributed by atoms with Gasteiger partial charge in [0.2, 0.25) is 0 Å². The van der Waals surface area contributed by atoms with Crippen LogP contribution in [0.5, 0.6) is 0 Å². The summed E-state index contributed by atoms with van der Waals surface area (Å²) in [5, 5.41) is 5.50. The highest BCUT2D eigenvalue weighted by Gasteiger charge is 2.27. The maximum Gasteiger partial charge on any atom is 0.258 e. The first-order valence-corrected chi connectivity index (χ1v) is 9.24. The smallest absolute Gasteiger partial charge is 0.258 e. The number of halogens is 2. The molecule has 5 nitrogen and oxygen atoms in total. The molecule has 0 saturated carbocycles. The Morgan fingerprint density at radius 2 is 1.84 bits per heavy atom. The maximum absolute atomic E-state index is 12.9. The zero-order valence-corrected chi connectivity index (χ0v) is 16.0. The van der Waals surface area contributed by atoms with E-state index in [1.807, 2.05) is 36.1 Å². The molecule has 7 heteroatoms. The van der Waals surface area contributed by atoms with Crippen LogP contribution in [0.4, 0.5) is 0 Å². The predicted octanol–water partition coefficient (Wildman–Crippen LogP) is 3.32. The Balaban J connectivity index is 1.80. The summed E-state index contributed by atoms with van der Waals surface area (Å²) in [5.41, 5.74) is 2.07. The zero-order valence-electron chi connectivity index (χ0n) is 14.5. The normalized spacial score (nSPS) is 15.6. The second kappa shape index (κ2) is 7.77. The molecular formula is C18H22Cl2N4O. The summed E-state index contributed by atoms with van der Waals surface area (Å²) in [4.78, 5) is 17.1. The van der Waals surface area contributed by atoms with Crippen molar-refractivity contribution in [3.8, 4) is 0 Å². The molecular weight excluding hydrogens is 359 g/mol. The van der Waals surface area contributed by atoms with Crippen molar-refractivity contribution in [3.05, 3.63) is 51.3 Å². The zero-order chi connectivity index (χ0) is 18.0. The lowest BCUT2D eigenvalue weighted by molar-refractivity contribution is 0.0643. The van der Waals surface area contributed by atoms with Gasteiger partial charge >= 0.3 is 0 Å². The number of carbonyl (C=O) groups excluding carboxylic acids is 1. The molecule has 0 atom stereocenters. The topological polar surface area (TPSA) is 41.4 Å². The van der Waals surface area contributed by atoms with Gasteiger partial charge in [-0.1, -0.05) is 48.3 Å². The molecule has 134 valence electrons. The van der Waals surface area contributed by atoms with Gasteiger partial charge in [0.1, 0.15) is 5.15 Å². The Morgan fingerprint density at radius 1 is 1.16 bits per heavy atom. The van der Waals surface area contributed by atoms with E-state index in [2.05, 4.69) is 16.9 Å². The third kappa shape index (κ3) is 3.84. The first-order chi connectivity index (χ1) is 12.0. The molecule has 1 aromatic heterocycles. The monoisotopic (exact) mass is 380 g/mol. The van der Waals surface area contributed by atoms with Crippen molar-refractivity contribution in [1.82, 2.24) is 19.6 Å². The fourth-order valence-electron chi connectivity index (χ4n) is 3.11. The van der Waals surface area contributed by atoms with Gasteiger partial charge in [-0.2, -0.15) is 5.10 Å². The lowest BCUT2D eigenvalue weighted by atomic mass is 10.2. The molecule has 0 radical (unpaired) electrons. The van der Waals surface area contributed by atoms with Crippen molar-refractivity contribution in [3.63, 3.8) is 0 Å². The maximum atomic E-state index is 12.9. The van der Waals surface area contributed by atoms with Crippen molar-refractivity contribution >= 4 is 29.1 Å². The number of piperazine rings is 1. The fourth-order valence-corrected chi connectivity index (χ4v) is 3.62. The molecule has 0 N–H and O–H groups in total. The standard InChI is InChI=1S/C18H22Cl2N4O/c1-3-22-8-10-23(11-9-22)18(25)16-13(2)21-24(17(16)20)12-14-6-4-5-7-15(14)19/h4-7H,3,8-12H2,1-2H3. The molecule has 1 saturated heterocycles. The quantitative estimate of drug-likeness (QED) is 0.816. The summed E-state index contributed by atoms with van der Waals surface area (Å²) in [6, 6.07) is 7.57. The van der Waals surface area contributed by atoms with Gasteiger partial charge < -0.3 is 9.80 Å². The lowest BCUT2D eigenvalue weighted by Gasteiger charge is -2.34. The first-order valence-electron chi connectivity index (χ1n) is 8.49. The Hall–Kier alpha value is -1.56. The van der Waals surface area contributed by atoms with Gasteiger partial charge in [-0.05, 0) is 25.1 Å². The molecule has 0 unspecified atom stereocenters. The van der Waals surface area contributed by atoms with Gasteiger partial charge in [-0.25, -0.2) is 4.68 Å². The number of aromatic nitrogens is 2. The van der Waals surface area contributed by atoms with Crippen LogP contribution in [0.1, 0.15) is 28.5 Å². The minimum absolute atomic E-state index is 0.0383. The summed E-state index contributed by atoms with van der Waals surface area (Å²) < 4.78 is 1.65. The van der Waals surface area contributed by atoms with Gasteiger partial charge in [0.25, 0.3) is 5.91 Å². The molecule has 1 aromatic carbocycles. The first kappa shape index (κ1) is 18.2. The van der Waals surface area contributed by atoms with E-state index in [-0.39, 0.29) is 5.91 Å². The summed E-state index contributed by atoms with van der Waals surface area (Å²) in [5.74, 6) is -0.0383. The van der Waals surface area contributed by atoms with Gasteiger partial charge in [-0.15, -0.1) is 0 Å². The molecule has 3 rings (SSSR count). The number of aryl methyl sites for hydroxylation is 1. The summed E-state index contributed by atoms with van der Waals surface area (Å²) in [7, 11) is 0. The second-order valence-electron chi connectivity index (χ2n) is 6.23. The van der Waals surface area contributed by atoms with E-state index in [9.17, 15) is 4.79 Å². The average Bonchev–Trinajstić information content (AvgIpc) is 2.90. The highest BCUT2D eigenvalue weighted by Crippen LogP contribution is 2.25. The number of benzene rings is 1. The van der Waals surface area contributed by atoms with Crippen molar-refractivity contribution in [1.29, 1.82) is 0 Å². The Kier molecular flexibility index (Phi) is 5.67. The van der Waals surface area contributed by atoms with Crippen LogP contribution in [-0.4, -0.2) is 58.2 Å². The molecule has 1 amide bonds. The fraction of sp³-hybridized carbons (Fsp3) is 0.444. The van der Waals surface area contributed by atoms with Crippen molar-refractivity contribution in [2.75, 3.05) is 32.7 Å². The average molecular weight is 381 g/mol. The van der Waals surface area contributed by atoms with E-state index >= 15 is 0 Å². The highest BCUT2D eigenvalue weighted by molar-refractivity contribution is 6.33. The molecule has 1 fully saturated rings. The van der Waals surface area contributed by atoms with E-state index in [1.165, 1.54) is 0 Å². The van der Waals surface area contributed by atoms with E-state index < -0.39 is 0 Å². The van der Waals surface area contributed by atoms with Crippen LogP contribution in [0.15, 0.2) is 24.3 Å². The molecule has 1 aliphatic heterocycles. The highest BCUT2D eigenvalue weighted by atomic mass is 35.5. The van der Waals surface area contributed by atoms with Crippen LogP contribution in [-0.2, 0) is 6.54 Å². The number of rotatable bonds is 4. The summed E-state index contributed by atoms with van der Waals surface area (Å²) in [6.07, 6.45) is 0. The number of amides is 1. The van der Waals surface area contributed by atoms with E-state index in [4.69, 9.17) is 23.2 Å². The number of nitrogens with zero attached hydrogens (tertiary/aromatic N) is 4. The SMILES string of the molecule is CCN1CCN(C(=O)c2c(C)nn(Cc3ccccc3Cl)c2Cl)CC1. The number of likely N-dealkylation sites (N-methyl/N-ethyl adjacent to an activating group) is 1. The van der Waals surface area contributed by atoms with Crippen LogP contribution in [0, 0.1) is 6.92 Å². The Morgan fingerprint density at radius 3 is 2.48 bits per heavy atom. The molecule has 25 heavy (non-hydrogen) atoms. The molecule has 1 aliphatic rings. The van der Waals surface area contributed by atoms with E-state index in [0.717, 1.165) is 38.3 Å². The third-order valence-corrected chi connectivity index (χ3v) is 5.42. The van der Waals surface area contributed by atoms with Crippen LogP contribution in [0.25, 0.3) is 0 Å². The van der Waals surface area contributed by atoms with Crippen molar-refractivity contribution in [2.24, 2.45) is 0 Å². The third-order valence-electron chi connectivity index (χ3n) is 4.66. The van der Waals surface area contributed by atoms with Gasteiger partial charge in [0.15, 0.2) is 0 Å². The number of hydrogen-bond acceptors (Lipinski definition) is 3. The molecule has 2 heterocycles. The second-order valence-corrected chi connectivity index (χ2v) is 6.99. The van der Waals surface area contributed by atoms with Gasteiger partial charge in [0, 0.05) is 31.2 Å². The van der Waals surface area contributed by atoms with Crippen LogP contribution in [0.2, 0.25) is 10.2 Å². The van der Waals surface area contributed by atoms with Crippen LogP contribution < -0.4 is 0 Å². The largest absolute Gasteiger partial charge is 0.336 e. The number of hydrogen-bond donors (Lipinski definition) is 0. The van der Waals surface area contributed by atoms with Crippen LogP contribution >= 0.6 is 23.2 Å².